The first kappa shape index (κ1) is 29.8. The summed E-state index contributed by atoms with van der Waals surface area (Å²) in [6.45, 7) is 0. The van der Waals surface area contributed by atoms with Gasteiger partial charge in [0.25, 0.3) is 0 Å². The zero-order valence-corrected chi connectivity index (χ0v) is 3.86. The first-order chi connectivity index (χ1) is 1.73. The molecule has 0 heterocycles. The topological polar surface area (TPSA) is 123 Å². The second-order valence-electron chi connectivity index (χ2n) is 0.250. The minimum absolute atomic E-state index is 0. The number of carboxylic acid groups (broad SMARTS) is 2. The summed E-state index contributed by atoms with van der Waals surface area (Å²) < 4.78 is 0. The van der Waals surface area contributed by atoms with E-state index in [4.69, 9.17) is 15.0 Å². The van der Waals surface area contributed by atoms with Crippen molar-refractivity contribution in [2.45, 2.75) is 0 Å². The number of hydrogen-bond donors (Lipinski definition) is 0. The number of rotatable bonds is 0. The van der Waals surface area contributed by atoms with Crippen LogP contribution in [0.25, 0.3) is 0 Å². The third-order valence-corrected chi connectivity index (χ3v) is 0. The van der Waals surface area contributed by atoms with Crippen LogP contribution in [0.3, 0.4) is 0 Å². The fourth-order valence-corrected chi connectivity index (χ4v) is 0. The molecule has 1 radical (unpaired) electrons. The predicted octanol–water partition coefficient (Wildman–Crippen LogP) is -2.80. The Labute approximate surface area is 50.0 Å². The Bertz CT molecular complexity index is 31.1. The molecule has 0 rings (SSSR count). The van der Waals surface area contributed by atoms with Crippen LogP contribution in [0.5, 0.6) is 0 Å². The van der Waals surface area contributed by atoms with Crippen molar-refractivity contribution >= 4 is 6.16 Å². The molecule has 0 aromatic carbocycles. The number of carbonyl (C=O) groups is 1. The zero-order valence-electron chi connectivity index (χ0n) is 2.92. The molecule has 0 spiro atoms. The molecule has 6 heteroatoms. The minimum atomic E-state index is -2.33. The molecule has 0 bridgehead atoms. The molecule has 0 fully saturated rings. The normalized spacial score (nSPS) is 3.43. The smallest absolute Gasteiger partial charge is 0 e. The van der Waals surface area contributed by atoms with Gasteiger partial charge in [0, 0.05) is 17.1 Å². The van der Waals surface area contributed by atoms with Crippen molar-refractivity contribution in [3.05, 3.63) is 0 Å². The fraction of sp³-hybridized carbons (Fsp3) is 0. The van der Waals surface area contributed by atoms with Gasteiger partial charge in [-0.1, -0.05) is 0 Å². The van der Waals surface area contributed by atoms with Gasteiger partial charge in [-0.05, 0) is 6.16 Å². The molecule has 51 valence electrons. The van der Waals surface area contributed by atoms with Crippen LogP contribution in [0, 0.1) is 0 Å². The van der Waals surface area contributed by atoms with Gasteiger partial charge in [0.2, 0.25) is 0 Å². The summed E-state index contributed by atoms with van der Waals surface area (Å²) in [7, 11) is 0. The Morgan fingerprint density at radius 1 is 1.14 bits per heavy atom. The largest absolute Gasteiger partial charge is 0.870 e. The van der Waals surface area contributed by atoms with E-state index in [-0.39, 0.29) is 28.0 Å². The number of hydrogen-bond acceptors (Lipinski definition) is 5. The molecule has 0 aromatic rings. The minimum Gasteiger partial charge on any atom is -0.870 e. The Morgan fingerprint density at radius 3 is 1.14 bits per heavy atom. The molecule has 5 nitrogen and oxygen atoms in total. The molecular formula is CH2CuO5-4. The summed E-state index contributed by atoms with van der Waals surface area (Å²) in [5, 5.41) is 16.7. The van der Waals surface area contributed by atoms with E-state index in [1.165, 1.54) is 0 Å². The standard InChI is InChI=1S/CH2O3.Cu.2H2O/c2-1(3)4;;;/h(H2,2,3,4);;2*1H2/p-4. The summed E-state index contributed by atoms with van der Waals surface area (Å²) in [5.74, 6) is 0. The van der Waals surface area contributed by atoms with Gasteiger partial charge in [-0.3, -0.25) is 0 Å². The van der Waals surface area contributed by atoms with Crippen LogP contribution in [0.1, 0.15) is 0 Å². The van der Waals surface area contributed by atoms with Gasteiger partial charge in [0.15, 0.2) is 0 Å². The van der Waals surface area contributed by atoms with Crippen LogP contribution in [0.15, 0.2) is 0 Å². The predicted molar refractivity (Wildman–Crippen MR) is 9.27 cm³/mol. The molecule has 0 saturated carbocycles. The van der Waals surface area contributed by atoms with Crippen LogP contribution in [0.2, 0.25) is 0 Å². The summed E-state index contributed by atoms with van der Waals surface area (Å²) in [6, 6.07) is 0. The quantitative estimate of drug-likeness (QED) is 0.351. The van der Waals surface area contributed by atoms with Gasteiger partial charge in [0.1, 0.15) is 0 Å². The average Bonchev–Trinajstić information content (AvgIpc) is 0.811. The van der Waals surface area contributed by atoms with Crippen molar-refractivity contribution in [1.82, 2.24) is 0 Å². The monoisotopic (exact) mass is 157 g/mol. The first-order valence-corrected chi connectivity index (χ1v) is 0.612. The molecule has 0 amide bonds. The molecule has 0 aliphatic carbocycles. The van der Waals surface area contributed by atoms with Crippen LogP contribution in [0.4, 0.5) is 4.79 Å². The van der Waals surface area contributed by atoms with Crippen LogP contribution >= 0.6 is 0 Å². The van der Waals surface area contributed by atoms with Gasteiger partial charge < -0.3 is 26.0 Å². The van der Waals surface area contributed by atoms with E-state index in [2.05, 4.69) is 0 Å². The van der Waals surface area contributed by atoms with E-state index in [1.807, 2.05) is 0 Å². The Morgan fingerprint density at radius 2 is 1.14 bits per heavy atom. The summed E-state index contributed by atoms with van der Waals surface area (Å²) in [4.78, 5) is 8.33. The van der Waals surface area contributed by atoms with E-state index < -0.39 is 6.16 Å². The molecule has 0 atom stereocenters. The second-order valence-corrected chi connectivity index (χ2v) is 0.250. The van der Waals surface area contributed by atoms with E-state index in [0.29, 0.717) is 0 Å². The van der Waals surface area contributed by atoms with E-state index in [1.54, 1.807) is 0 Å². The third kappa shape index (κ3) is 931. The zero-order chi connectivity index (χ0) is 3.58. The molecule has 0 aliphatic rings. The van der Waals surface area contributed by atoms with Gasteiger partial charge in [-0.2, -0.15) is 0 Å². The maximum Gasteiger partial charge on any atom is 0 e. The Hall–Kier alpha value is -0.291. The van der Waals surface area contributed by atoms with Crippen molar-refractivity contribution in [1.29, 1.82) is 0 Å². The van der Waals surface area contributed by atoms with Crippen LogP contribution < -0.4 is 10.2 Å². The summed E-state index contributed by atoms with van der Waals surface area (Å²) in [5.41, 5.74) is 0. The van der Waals surface area contributed by atoms with Crippen molar-refractivity contribution in [3.8, 4) is 0 Å². The summed E-state index contributed by atoms with van der Waals surface area (Å²) in [6.07, 6.45) is -2.33. The Kier molecular flexibility index (Phi) is 73.4. The van der Waals surface area contributed by atoms with Crippen molar-refractivity contribution in [3.63, 3.8) is 0 Å². The van der Waals surface area contributed by atoms with Crippen LogP contribution in [-0.2, 0) is 17.1 Å². The van der Waals surface area contributed by atoms with Gasteiger partial charge in [-0.25, -0.2) is 0 Å². The molecule has 2 N–H and O–H groups in total. The molecule has 0 saturated heterocycles. The molecule has 7 heavy (non-hydrogen) atoms. The average molecular weight is 158 g/mol. The number of carbonyl (C=O) groups excluding carboxylic acids is 1. The summed E-state index contributed by atoms with van der Waals surface area (Å²) >= 11 is 0. The molecule has 0 aliphatic heterocycles. The first-order valence-electron chi connectivity index (χ1n) is 0.612. The Balaban J connectivity index is -0.0000000150. The van der Waals surface area contributed by atoms with Crippen molar-refractivity contribution < 1.29 is 43.0 Å². The molecule has 0 aromatic heterocycles. The van der Waals surface area contributed by atoms with Crippen molar-refractivity contribution in [2.24, 2.45) is 0 Å². The SMILES string of the molecule is O=C([O-])[O-].[Cu].[OH-].[OH-]. The third-order valence-electron chi connectivity index (χ3n) is 0. The van der Waals surface area contributed by atoms with E-state index in [0.717, 1.165) is 0 Å². The fourth-order valence-electron chi connectivity index (χ4n) is 0. The van der Waals surface area contributed by atoms with Crippen LogP contribution in [-0.4, -0.2) is 17.1 Å². The van der Waals surface area contributed by atoms with Gasteiger partial charge in [-0.15, -0.1) is 0 Å². The maximum absolute atomic E-state index is 8.33. The molecule has 0 unspecified atom stereocenters. The second kappa shape index (κ2) is 17.2. The van der Waals surface area contributed by atoms with Gasteiger partial charge in [0.05, 0.1) is 0 Å². The molecular weight excluding hydrogens is 156 g/mol. The maximum atomic E-state index is 8.33. The van der Waals surface area contributed by atoms with Gasteiger partial charge >= 0.3 is 0 Å². The van der Waals surface area contributed by atoms with E-state index >= 15 is 0 Å². The van der Waals surface area contributed by atoms with Crippen molar-refractivity contribution in [2.75, 3.05) is 0 Å². The van der Waals surface area contributed by atoms with E-state index in [9.17, 15) is 0 Å².